The first kappa shape index (κ1) is 11.4. The SMILES string of the molecule is COC(=O)[C@@H](N)c1cccs1.Cl. The van der Waals surface area contributed by atoms with Gasteiger partial charge in [-0.15, -0.1) is 23.7 Å². The average molecular weight is 208 g/mol. The summed E-state index contributed by atoms with van der Waals surface area (Å²) in [5.41, 5.74) is 5.53. The first-order valence-corrected chi connectivity index (χ1v) is 4.00. The summed E-state index contributed by atoms with van der Waals surface area (Å²) >= 11 is 1.45. The van der Waals surface area contributed by atoms with E-state index in [9.17, 15) is 4.79 Å². The molecular formula is C7H10ClNO2S. The fourth-order valence-electron chi connectivity index (χ4n) is 0.711. The molecule has 0 aliphatic carbocycles. The molecule has 3 nitrogen and oxygen atoms in total. The lowest BCUT2D eigenvalue weighted by atomic mass is 10.3. The number of ether oxygens (including phenoxy) is 1. The van der Waals surface area contributed by atoms with Gasteiger partial charge in [-0.3, -0.25) is 0 Å². The van der Waals surface area contributed by atoms with Crippen LogP contribution in [0.3, 0.4) is 0 Å². The van der Waals surface area contributed by atoms with Gasteiger partial charge < -0.3 is 10.5 Å². The maximum atomic E-state index is 10.9. The monoisotopic (exact) mass is 207 g/mol. The molecule has 1 atom stereocenters. The minimum absolute atomic E-state index is 0. The molecular weight excluding hydrogens is 198 g/mol. The fourth-order valence-corrected chi connectivity index (χ4v) is 1.43. The molecule has 1 rings (SSSR count). The minimum Gasteiger partial charge on any atom is -0.468 e. The van der Waals surface area contributed by atoms with Gasteiger partial charge in [0.15, 0.2) is 0 Å². The number of esters is 1. The molecule has 0 aliphatic heterocycles. The zero-order valence-electron chi connectivity index (χ0n) is 6.52. The molecule has 0 fully saturated rings. The van der Waals surface area contributed by atoms with Crippen molar-refractivity contribution in [3.05, 3.63) is 22.4 Å². The third-order valence-corrected chi connectivity index (χ3v) is 2.26. The van der Waals surface area contributed by atoms with E-state index in [1.807, 2.05) is 17.5 Å². The Kier molecular flexibility index (Phi) is 4.89. The zero-order valence-corrected chi connectivity index (χ0v) is 8.15. The molecule has 0 saturated heterocycles. The summed E-state index contributed by atoms with van der Waals surface area (Å²) in [6, 6.07) is 3.04. The van der Waals surface area contributed by atoms with E-state index < -0.39 is 12.0 Å². The highest BCUT2D eigenvalue weighted by Crippen LogP contribution is 2.17. The fraction of sp³-hybridized carbons (Fsp3) is 0.286. The maximum absolute atomic E-state index is 10.9. The lowest BCUT2D eigenvalue weighted by Gasteiger charge is -2.05. The summed E-state index contributed by atoms with van der Waals surface area (Å²) in [4.78, 5) is 11.7. The molecule has 0 aromatic carbocycles. The van der Waals surface area contributed by atoms with Crippen molar-refractivity contribution in [3.63, 3.8) is 0 Å². The average Bonchev–Trinajstić information content (AvgIpc) is 2.53. The Morgan fingerprint density at radius 2 is 2.42 bits per heavy atom. The van der Waals surface area contributed by atoms with Gasteiger partial charge in [-0.05, 0) is 11.4 Å². The van der Waals surface area contributed by atoms with E-state index in [-0.39, 0.29) is 12.4 Å². The van der Waals surface area contributed by atoms with Gasteiger partial charge in [-0.1, -0.05) is 6.07 Å². The summed E-state index contributed by atoms with van der Waals surface area (Å²) in [5, 5.41) is 1.87. The molecule has 0 bridgehead atoms. The third kappa shape index (κ3) is 2.48. The number of carbonyl (C=O) groups is 1. The summed E-state index contributed by atoms with van der Waals surface area (Å²) in [7, 11) is 1.33. The highest BCUT2D eigenvalue weighted by Gasteiger charge is 2.16. The van der Waals surface area contributed by atoms with Crippen LogP contribution in [0.25, 0.3) is 0 Å². The smallest absolute Gasteiger partial charge is 0.328 e. The van der Waals surface area contributed by atoms with Gasteiger partial charge in [-0.25, -0.2) is 4.79 Å². The van der Waals surface area contributed by atoms with Crippen molar-refractivity contribution in [1.29, 1.82) is 0 Å². The quantitative estimate of drug-likeness (QED) is 0.745. The number of carbonyl (C=O) groups excluding carboxylic acids is 1. The minimum atomic E-state index is -0.625. The van der Waals surface area contributed by atoms with Crippen molar-refractivity contribution < 1.29 is 9.53 Å². The Morgan fingerprint density at radius 1 is 1.75 bits per heavy atom. The Morgan fingerprint density at radius 3 is 2.83 bits per heavy atom. The van der Waals surface area contributed by atoms with E-state index in [0.717, 1.165) is 4.88 Å². The van der Waals surface area contributed by atoms with Crippen LogP contribution in [-0.4, -0.2) is 13.1 Å². The van der Waals surface area contributed by atoms with Gasteiger partial charge in [-0.2, -0.15) is 0 Å². The van der Waals surface area contributed by atoms with E-state index in [2.05, 4.69) is 4.74 Å². The van der Waals surface area contributed by atoms with Gasteiger partial charge in [0.05, 0.1) is 7.11 Å². The second-order valence-corrected chi connectivity index (χ2v) is 3.00. The number of nitrogens with two attached hydrogens (primary N) is 1. The van der Waals surface area contributed by atoms with Gasteiger partial charge in [0, 0.05) is 4.88 Å². The van der Waals surface area contributed by atoms with Gasteiger partial charge >= 0.3 is 5.97 Å². The summed E-state index contributed by atoms with van der Waals surface area (Å²) in [6.45, 7) is 0. The van der Waals surface area contributed by atoms with Crippen molar-refractivity contribution >= 4 is 29.7 Å². The highest BCUT2D eigenvalue weighted by atomic mass is 35.5. The molecule has 5 heteroatoms. The van der Waals surface area contributed by atoms with Crippen molar-refractivity contribution in [2.75, 3.05) is 7.11 Å². The van der Waals surface area contributed by atoms with Crippen molar-refractivity contribution in [3.8, 4) is 0 Å². The molecule has 1 aromatic rings. The topological polar surface area (TPSA) is 52.3 Å². The Bertz CT molecular complexity index is 238. The largest absolute Gasteiger partial charge is 0.468 e. The molecule has 0 aliphatic rings. The number of thiophene rings is 1. The van der Waals surface area contributed by atoms with Crippen LogP contribution >= 0.6 is 23.7 Å². The van der Waals surface area contributed by atoms with E-state index in [1.54, 1.807) is 0 Å². The number of hydrogen-bond donors (Lipinski definition) is 1. The Hall–Kier alpha value is -0.580. The van der Waals surface area contributed by atoms with Crippen LogP contribution in [0.1, 0.15) is 10.9 Å². The molecule has 0 saturated carbocycles. The van der Waals surface area contributed by atoms with Crippen LogP contribution in [0.2, 0.25) is 0 Å². The number of halogens is 1. The number of methoxy groups -OCH3 is 1. The lowest BCUT2D eigenvalue weighted by molar-refractivity contribution is -0.142. The van der Waals surface area contributed by atoms with E-state index in [1.165, 1.54) is 18.4 Å². The normalized spacial score (nSPS) is 11.5. The molecule has 0 unspecified atom stereocenters. The van der Waals surface area contributed by atoms with E-state index >= 15 is 0 Å². The van der Waals surface area contributed by atoms with E-state index in [0.29, 0.717) is 0 Å². The molecule has 2 N–H and O–H groups in total. The summed E-state index contributed by atoms with van der Waals surface area (Å²) in [5.74, 6) is -0.396. The zero-order chi connectivity index (χ0) is 8.27. The summed E-state index contributed by atoms with van der Waals surface area (Å²) < 4.78 is 4.48. The van der Waals surface area contributed by atoms with Crippen LogP contribution < -0.4 is 5.73 Å². The van der Waals surface area contributed by atoms with Crippen LogP contribution in [0, 0.1) is 0 Å². The molecule has 12 heavy (non-hydrogen) atoms. The molecule has 1 aromatic heterocycles. The first-order valence-electron chi connectivity index (χ1n) is 3.12. The standard InChI is InChI=1S/C7H9NO2S.ClH/c1-10-7(9)6(8)5-3-2-4-11-5;/h2-4,6H,8H2,1H3;1H/t6-;/m0./s1. The van der Waals surface area contributed by atoms with Crippen LogP contribution in [-0.2, 0) is 9.53 Å². The molecule has 0 radical (unpaired) electrons. The highest BCUT2D eigenvalue weighted by molar-refractivity contribution is 7.10. The Balaban J connectivity index is 0.00000121. The van der Waals surface area contributed by atoms with Crippen LogP contribution in [0.15, 0.2) is 17.5 Å². The molecule has 68 valence electrons. The number of rotatable bonds is 2. The van der Waals surface area contributed by atoms with Gasteiger partial charge in [0.1, 0.15) is 6.04 Å². The van der Waals surface area contributed by atoms with Crippen molar-refractivity contribution in [2.45, 2.75) is 6.04 Å². The Labute approximate surface area is 80.9 Å². The van der Waals surface area contributed by atoms with Crippen LogP contribution in [0.4, 0.5) is 0 Å². The van der Waals surface area contributed by atoms with Crippen LogP contribution in [0.5, 0.6) is 0 Å². The second-order valence-electron chi connectivity index (χ2n) is 2.02. The molecule has 1 heterocycles. The van der Waals surface area contributed by atoms with Crippen molar-refractivity contribution in [1.82, 2.24) is 0 Å². The molecule has 0 spiro atoms. The first-order chi connectivity index (χ1) is 5.25. The third-order valence-electron chi connectivity index (χ3n) is 1.30. The molecule has 0 amide bonds. The predicted octanol–water partition coefficient (Wildman–Crippen LogP) is 1.34. The van der Waals surface area contributed by atoms with Gasteiger partial charge in [0.25, 0.3) is 0 Å². The predicted molar refractivity (Wildman–Crippen MR) is 50.5 cm³/mol. The second kappa shape index (κ2) is 5.13. The number of hydrogen-bond acceptors (Lipinski definition) is 4. The summed E-state index contributed by atoms with van der Waals surface area (Å²) in [6.07, 6.45) is 0. The lowest BCUT2D eigenvalue weighted by Crippen LogP contribution is -2.21. The van der Waals surface area contributed by atoms with E-state index in [4.69, 9.17) is 5.73 Å². The van der Waals surface area contributed by atoms with Gasteiger partial charge in [0.2, 0.25) is 0 Å². The van der Waals surface area contributed by atoms with Crippen molar-refractivity contribution in [2.24, 2.45) is 5.73 Å². The maximum Gasteiger partial charge on any atom is 0.328 e.